The second-order valence-electron chi connectivity index (χ2n) is 5.62. The van der Waals surface area contributed by atoms with Gasteiger partial charge in [-0.1, -0.05) is 12.8 Å². The highest BCUT2D eigenvalue weighted by atomic mass is 14.9. The van der Waals surface area contributed by atoms with Crippen LogP contribution in [0, 0.1) is 12.8 Å². The first-order valence-electron chi connectivity index (χ1n) is 7.13. The number of aromatic nitrogens is 1. The molecule has 0 saturated heterocycles. The maximum atomic E-state index is 5.89. The van der Waals surface area contributed by atoms with Crippen molar-refractivity contribution in [2.75, 3.05) is 17.6 Å². The number of hydrogen-bond acceptors (Lipinski definition) is 3. The summed E-state index contributed by atoms with van der Waals surface area (Å²) in [5, 5.41) is 4.73. The van der Waals surface area contributed by atoms with Crippen molar-refractivity contribution in [3.05, 3.63) is 30.0 Å². The van der Waals surface area contributed by atoms with E-state index in [9.17, 15) is 0 Å². The first kappa shape index (κ1) is 12.3. The molecule has 1 aliphatic rings. The summed E-state index contributed by atoms with van der Waals surface area (Å²) in [5.74, 6) is 0.824. The predicted octanol–water partition coefficient (Wildman–Crippen LogP) is 3.73. The average Bonchev–Trinajstić information content (AvgIpc) is 2.89. The van der Waals surface area contributed by atoms with Crippen molar-refractivity contribution in [2.24, 2.45) is 5.92 Å². The van der Waals surface area contributed by atoms with Gasteiger partial charge in [0.1, 0.15) is 0 Å². The molecule has 0 spiro atoms. The molecule has 1 saturated carbocycles. The van der Waals surface area contributed by atoms with E-state index in [4.69, 9.17) is 5.73 Å². The summed E-state index contributed by atoms with van der Waals surface area (Å²) in [6.45, 7) is 3.10. The molecular formula is C16H21N3. The van der Waals surface area contributed by atoms with Crippen molar-refractivity contribution in [1.29, 1.82) is 0 Å². The van der Waals surface area contributed by atoms with Gasteiger partial charge in [-0.15, -0.1) is 0 Å². The van der Waals surface area contributed by atoms with Crippen molar-refractivity contribution in [2.45, 2.75) is 32.6 Å². The van der Waals surface area contributed by atoms with Crippen LogP contribution in [-0.4, -0.2) is 11.5 Å². The van der Waals surface area contributed by atoms with Crippen LogP contribution in [0.4, 0.5) is 11.4 Å². The molecule has 0 radical (unpaired) electrons. The highest BCUT2D eigenvalue weighted by molar-refractivity contribution is 5.93. The molecule has 1 aromatic carbocycles. The minimum Gasteiger partial charge on any atom is -0.399 e. The average molecular weight is 255 g/mol. The van der Waals surface area contributed by atoms with Gasteiger partial charge in [0, 0.05) is 29.0 Å². The van der Waals surface area contributed by atoms with Gasteiger partial charge >= 0.3 is 0 Å². The zero-order chi connectivity index (χ0) is 13.2. The van der Waals surface area contributed by atoms with Gasteiger partial charge in [-0.2, -0.15) is 0 Å². The highest BCUT2D eigenvalue weighted by Gasteiger charge is 2.15. The number of pyridine rings is 1. The van der Waals surface area contributed by atoms with Crippen molar-refractivity contribution in [1.82, 2.24) is 4.98 Å². The maximum absolute atomic E-state index is 5.89. The molecule has 0 bridgehead atoms. The Bertz CT molecular complexity index is 586. The van der Waals surface area contributed by atoms with Crippen LogP contribution in [-0.2, 0) is 0 Å². The third kappa shape index (κ3) is 2.65. The van der Waals surface area contributed by atoms with Gasteiger partial charge < -0.3 is 11.1 Å². The minimum atomic E-state index is 0.794. The smallest absolute Gasteiger partial charge is 0.0727 e. The standard InChI is InChI=1S/C16H21N3/c1-11-8-16(18-10-12-4-2-3-5-12)14-9-13(17)6-7-15(14)19-11/h6-9,12H,2-5,10,17H2,1H3,(H,18,19). The molecule has 3 N–H and O–H groups in total. The Labute approximate surface area is 114 Å². The summed E-state index contributed by atoms with van der Waals surface area (Å²) in [4.78, 5) is 4.56. The van der Waals surface area contributed by atoms with E-state index in [1.165, 1.54) is 31.4 Å². The molecule has 0 unspecified atom stereocenters. The molecule has 19 heavy (non-hydrogen) atoms. The summed E-state index contributed by atoms with van der Waals surface area (Å²) < 4.78 is 0. The Morgan fingerprint density at radius 1 is 1.26 bits per heavy atom. The highest BCUT2D eigenvalue weighted by Crippen LogP contribution is 2.28. The first-order valence-corrected chi connectivity index (χ1v) is 7.13. The number of nitrogen functional groups attached to an aromatic ring is 1. The summed E-state index contributed by atoms with van der Waals surface area (Å²) >= 11 is 0. The molecule has 3 rings (SSSR count). The van der Waals surface area contributed by atoms with Gasteiger partial charge in [-0.3, -0.25) is 4.98 Å². The Hall–Kier alpha value is -1.77. The molecule has 1 aromatic heterocycles. The fraction of sp³-hybridized carbons (Fsp3) is 0.438. The molecule has 1 heterocycles. The lowest BCUT2D eigenvalue weighted by molar-refractivity contribution is 0.580. The molecule has 1 aliphatic carbocycles. The van der Waals surface area contributed by atoms with Crippen LogP contribution >= 0.6 is 0 Å². The molecule has 0 aliphatic heterocycles. The zero-order valence-electron chi connectivity index (χ0n) is 11.4. The van der Waals surface area contributed by atoms with E-state index in [1.807, 2.05) is 25.1 Å². The van der Waals surface area contributed by atoms with E-state index in [0.29, 0.717) is 0 Å². The van der Waals surface area contributed by atoms with E-state index < -0.39 is 0 Å². The van der Waals surface area contributed by atoms with Gasteiger partial charge in [0.15, 0.2) is 0 Å². The van der Waals surface area contributed by atoms with E-state index in [0.717, 1.165) is 34.7 Å². The lowest BCUT2D eigenvalue weighted by Crippen LogP contribution is -2.11. The van der Waals surface area contributed by atoms with Gasteiger partial charge in [0.05, 0.1) is 5.52 Å². The number of rotatable bonds is 3. The SMILES string of the molecule is Cc1cc(NCC2CCCC2)c2cc(N)ccc2n1. The molecule has 3 heteroatoms. The lowest BCUT2D eigenvalue weighted by atomic mass is 10.1. The predicted molar refractivity (Wildman–Crippen MR) is 81.3 cm³/mol. The van der Waals surface area contributed by atoms with E-state index in [-0.39, 0.29) is 0 Å². The summed E-state index contributed by atoms with van der Waals surface area (Å²) in [6, 6.07) is 8.05. The van der Waals surface area contributed by atoms with Crippen molar-refractivity contribution in [3.63, 3.8) is 0 Å². The zero-order valence-corrected chi connectivity index (χ0v) is 11.4. The molecule has 1 fully saturated rings. The first-order chi connectivity index (χ1) is 9.22. The number of fused-ring (bicyclic) bond motifs is 1. The topological polar surface area (TPSA) is 50.9 Å². The molecule has 0 amide bonds. The van der Waals surface area contributed by atoms with Crippen molar-refractivity contribution < 1.29 is 0 Å². The second kappa shape index (κ2) is 5.08. The Morgan fingerprint density at radius 2 is 2.05 bits per heavy atom. The normalized spacial score (nSPS) is 16.1. The van der Waals surface area contributed by atoms with Crippen LogP contribution in [0.5, 0.6) is 0 Å². The number of anilines is 2. The fourth-order valence-electron chi connectivity index (χ4n) is 2.99. The molecule has 2 aromatic rings. The van der Waals surface area contributed by atoms with Crippen LogP contribution in [0.15, 0.2) is 24.3 Å². The van der Waals surface area contributed by atoms with Crippen LogP contribution in [0.1, 0.15) is 31.4 Å². The number of benzene rings is 1. The van der Waals surface area contributed by atoms with Crippen LogP contribution in [0.3, 0.4) is 0 Å². The third-order valence-electron chi connectivity index (χ3n) is 4.02. The largest absolute Gasteiger partial charge is 0.399 e. The van der Waals surface area contributed by atoms with Crippen LogP contribution < -0.4 is 11.1 Å². The lowest BCUT2D eigenvalue weighted by Gasteiger charge is -2.14. The van der Waals surface area contributed by atoms with Crippen LogP contribution in [0.2, 0.25) is 0 Å². The van der Waals surface area contributed by atoms with Gasteiger partial charge in [0.2, 0.25) is 0 Å². The number of aryl methyl sites for hydroxylation is 1. The Morgan fingerprint density at radius 3 is 2.84 bits per heavy atom. The van der Waals surface area contributed by atoms with Gasteiger partial charge in [0.25, 0.3) is 0 Å². The molecule has 3 nitrogen and oxygen atoms in total. The fourth-order valence-corrected chi connectivity index (χ4v) is 2.99. The van der Waals surface area contributed by atoms with E-state index >= 15 is 0 Å². The number of nitrogens with one attached hydrogen (secondary N) is 1. The van der Waals surface area contributed by atoms with E-state index in [1.54, 1.807) is 0 Å². The number of nitrogens with zero attached hydrogens (tertiary/aromatic N) is 1. The molecular weight excluding hydrogens is 234 g/mol. The number of nitrogens with two attached hydrogens (primary N) is 1. The monoisotopic (exact) mass is 255 g/mol. The second-order valence-corrected chi connectivity index (χ2v) is 5.62. The third-order valence-corrected chi connectivity index (χ3v) is 4.02. The Kier molecular flexibility index (Phi) is 3.28. The Balaban J connectivity index is 1.89. The van der Waals surface area contributed by atoms with Crippen molar-refractivity contribution in [3.8, 4) is 0 Å². The van der Waals surface area contributed by atoms with E-state index in [2.05, 4.69) is 16.4 Å². The van der Waals surface area contributed by atoms with Crippen molar-refractivity contribution >= 4 is 22.3 Å². The quantitative estimate of drug-likeness (QED) is 0.822. The maximum Gasteiger partial charge on any atom is 0.0727 e. The molecule has 100 valence electrons. The summed E-state index contributed by atoms with van der Waals surface area (Å²) in [7, 11) is 0. The number of hydrogen-bond donors (Lipinski definition) is 2. The minimum absolute atomic E-state index is 0.794. The van der Waals surface area contributed by atoms with Crippen LogP contribution in [0.25, 0.3) is 10.9 Å². The summed E-state index contributed by atoms with van der Waals surface area (Å²) in [6.07, 6.45) is 5.49. The summed E-state index contributed by atoms with van der Waals surface area (Å²) in [5.41, 5.74) is 9.92. The van der Waals surface area contributed by atoms with Gasteiger partial charge in [-0.25, -0.2) is 0 Å². The molecule has 0 atom stereocenters. The van der Waals surface area contributed by atoms with Gasteiger partial charge in [-0.05, 0) is 49.9 Å².